The Morgan fingerprint density at radius 3 is 2.53 bits per heavy atom. The van der Waals surface area contributed by atoms with Crippen molar-refractivity contribution < 1.29 is 14.3 Å². The number of rotatable bonds is 11. The number of aromatic nitrogens is 2. The number of anilines is 4. The van der Waals surface area contributed by atoms with Crippen LogP contribution in [0.4, 0.5) is 23.0 Å². The summed E-state index contributed by atoms with van der Waals surface area (Å²) in [6.45, 7) is 5.31. The molecule has 0 radical (unpaired) electrons. The third-order valence-corrected chi connectivity index (χ3v) is 7.21. The molecule has 0 atom stereocenters. The molecule has 1 aliphatic rings. The lowest BCUT2D eigenvalue weighted by Gasteiger charge is -2.25. The topological polar surface area (TPSA) is 130 Å². The molecule has 1 aromatic heterocycles. The number of allylic oxidation sites excluding steroid dienone is 1. The summed E-state index contributed by atoms with van der Waals surface area (Å²) in [5.74, 6) is 0.307. The summed E-state index contributed by atoms with van der Waals surface area (Å²) < 4.78 is 11.3. The van der Waals surface area contributed by atoms with Crippen molar-refractivity contribution in [2.24, 2.45) is 10.7 Å². The Hall–Kier alpha value is -4.64. The Labute approximate surface area is 253 Å². The molecule has 43 heavy (non-hydrogen) atoms. The minimum absolute atomic E-state index is 0.177. The minimum atomic E-state index is -0.550. The number of ether oxygens (including phenoxy) is 2. The van der Waals surface area contributed by atoms with E-state index in [1.165, 1.54) is 6.20 Å². The summed E-state index contributed by atoms with van der Waals surface area (Å²) in [4.78, 5) is 31.2. The number of carbonyl (C=O) groups excluding carboxylic acids is 1. The summed E-state index contributed by atoms with van der Waals surface area (Å²) in [7, 11) is 11.4. The lowest BCUT2D eigenvalue weighted by Crippen LogP contribution is -2.29. The van der Waals surface area contributed by atoms with E-state index in [4.69, 9.17) is 20.2 Å². The largest absolute Gasteiger partial charge is 0.494 e. The predicted molar refractivity (Wildman–Crippen MR) is 174 cm³/mol. The van der Waals surface area contributed by atoms with Gasteiger partial charge in [0.2, 0.25) is 5.95 Å². The first-order chi connectivity index (χ1) is 20.6. The van der Waals surface area contributed by atoms with Gasteiger partial charge in [0, 0.05) is 64.1 Å². The molecule has 3 aromatic rings. The number of carbonyl (C=O) groups is 1. The molecule has 0 unspecified atom stereocenters. The molecule has 0 fully saturated rings. The number of nitrogens with two attached hydrogens (primary N) is 1. The Morgan fingerprint density at radius 2 is 1.88 bits per heavy atom. The van der Waals surface area contributed by atoms with Crippen molar-refractivity contribution in [1.82, 2.24) is 14.9 Å². The fourth-order valence-electron chi connectivity index (χ4n) is 4.98. The average molecular weight is 587 g/mol. The number of nitrogens with zero attached hydrogens (tertiary/aromatic N) is 5. The van der Waals surface area contributed by atoms with Gasteiger partial charge in [-0.1, -0.05) is 24.3 Å². The molecule has 0 saturated carbocycles. The summed E-state index contributed by atoms with van der Waals surface area (Å²) >= 11 is 0. The van der Waals surface area contributed by atoms with E-state index in [0.29, 0.717) is 23.6 Å². The van der Waals surface area contributed by atoms with Crippen LogP contribution >= 0.6 is 0 Å². The number of aliphatic imine (C=N–C) groups is 1. The van der Waals surface area contributed by atoms with Crippen LogP contribution in [0.15, 0.2) is 53.2 Å². The maximum Gasteiger partial charge on any atom is 0.342 e. The molecule has 11 nitrogen and oxygen atoms in total. The van der Waals surface area contributed by atoms with Crippen molar-refractivity contribution in [2.45, 2.75) is 26.4 Å². The second kappa shape index (κ2) is 13.6. The standard InChI is InChI=1S/C32H42N8O3/c1-19(2)43-31(41)23-18-36-32(38-30(23)28(33)22-15-20-11-9-10-12-21(20)29(22)35-4)37-25-16-24(34-3)26(17-27(25)42-8)40(7)14-13-39(5)6/h9-12,16-19,34H,13-15,33H2,1-8H3,(H,36,37,38). The van der Waals surface area contributed by atoms with Crippen molar-refractivity contribution >= 4 is 40.4 Å². The Bertz CT molecular complexity index is 1550. The van der Waals surface area contributed by atoms with Crippen molar-refractivity contribution in [2.75, 3.05) is 71.0 Å². The number of nitrogens with one attached hydrogen (secondary N) is 2. The van der Waals surface area contributed by atoms with E-state index in [1.807, 2.05) is 58.5 Å². The zero-order valence-corrected chi connectivity index (χ0v) is 26.3. The number of esters is 1. The first-order valence-electron chi connectivity index (χ1n) is 14.2. The van der Waals surface area contributed by atoms with Crippen LogP contribution in [0, 0.1) is 0 Å². The second-order valence-corrected chi connectivity index (χ2v) is 10.9. The number of benzene rings is 2. The highest BCUT2D eigenvalue weighted by atomic mass is 16.5. The average Bonchev–Trinajstić information content (AvgIpc) is 3.37. The van der Waals surface area contributed by atoms with Gasteiger partial charge in [-0.2, -0.15) is 0 Å². The van der Waals surface area contributed by atoms with Gasteiger partial charge in [0.1, 0.15) is 17.0 Å². The molecular formula is C32H42N8O3. The van der Waals surface area contributed by atoms with Gasteiger partial charge < -0.3 is 35.6 Å². The van der Waals surface area contributed by atoms with Gasteiger partial charge in [-0.05, 0) is 39.6 Å². The molecule has 4 N–H and O–H groups in total. The molecule has 2 aromatic carbocycles. The van der Waals surface area contributed by atoms with E-state index in [2.05, 4.69) is 36.5 Å². The van der Waals surface area contributed by atoms with Gasteiger partial charge in [0.05, 0.1) is 41.7 Å². The lowest BCUT2D eigenvalue weighted by atomic mass is 10.0. The highest BCUT2D eigenvalue weighted by Crippen LogP contribution is 2.38. The minimum Gasteiger partial charge on any atom is -0.494 e. The van der Waals surface area contributed by atoms with Gasteiger partial charge in [-0.3, -0.25) is 4.99 Å². The highest BCUT2D eigenvalue weighted by Gasteiger charge is 2.28. The molecule has 1 aliphatic carbocycles. The number of fused-ring (bicyclic) bond motifs is 1. The predicted octanol–water partition coefficient (Wildman–Crippen LogP) is 4.18. The first-order valence-corrected chi connectivity index (χ1v) is 14.2. The van der Waals surface area contributed by atoms with Crippen LogP contribution in [0.3, 0.4) is 0 Å². The summed E-state index contributed by atoms with van der Waals surface area (Å²) in [6.07, 6.45) is 1.69. The van der Waals surface area contributed by atoms with Crippen LogP contribution in [-0.4, -0.2) is 88.1 Å². The van der Waals surface area contributed by atoms with E-state index in [1.54, 1.807) is 28.0 Å². The van der Waals surface area contributed by atoms with E-state index in [9.17, 15) is 4.79 Å². The van der Waals surface area contributed by atoms with Crippen molar-refractivity contribution in [1.29, 1.82) is 0 Å². The van der Waals surface area contributed by atoms with E-state index in [-0.39, 0.29) is 23.3 Å². The number of likely N-dealkylation sites (N-methyl/N-ethyl adjacent to an activating group) is 2. The van der Waals surface area contributed by atoms with Gasteiger partial charge in [-0.15, -0.1) is 0 Å². The van der Waals surface area contributed by atoms with E-state index >= 15 is 0 Å². The number of hydrogen-bond donors (Lipinski definition) is 3. The van der Waals surface area contributed by atoms with E-state index in [0.717, 1.165) is 46.9 Å². The van der Waals surface area contributed by atoms with Crippen LogP contribution < -0.4 is 26.0 Å². The highest BCUT2D eigenvalue weighted by molar-refractivity contribution is 6.20. The van der Waals surface area contributed by atoms with Crippen LogP contribution in [0.5, 0.6) is 5.75 Å². The third kappa shape index (κ3) is 6.89. The molecule has 0 saturated heterocycles. The molecule has 0 spiro atoms. The SMILES string of the molecule is CN=C1C(=C(N)c2nc(Nc3cc(NC)c(N(C)CCN(C)C)cc3OC)ncc2C(=O)OC(C)C)Cc2ccccc21. The van der Waals surface area contributed by atoms with E-state index < -0.39 is 5.97 Å². The molecule has 11 heteroatoms. The van der Waals surface area contributed by atoms with Crippen LogP contribution in [0.2, 0.25) is 0 Å². The fraction of sp³-hybridized carbons (Fsp3) is 0.375. The maximum atomic E-state index is 13.1. The number of hydrogen-bond acceptors (Lipinski definition) is 11. The smallest absolute Gasteiger partial charge is 0.342 e. The molecular weight excluding hydrogens is 544 g/mol. The zero-order chi connectivity index (χ0) is 31.3. The van der Waals surface area contributed by atoms with Crippen molar-refractivity contribution in [3.05, 3.63) is 70.6 Å². The van der Waals surface area contributed by atoms with Gasteiger partial charge in [0.25, 0.3) is 0 Å². The molecule has 1 heterocycles. The quantitative estimate of drug-likeness (QED) is 0.281. The maximum absolute atomic E-state index is 13.1. The molecule has 0 bridgehead atoms. The normalized spacial score (nSPS) is 14.6. The number of methoxy groups -OCH3 is 1. The Kier molecular flexibility index (Phi) is 9.87. The molecule has 0 aliphatic heterocycles. The van der Waals surface area contributed by atoms with Gasteiger partial charge >= 0.3 is 5.97 Å². The molecule has 0 amide bonds. The first kappa shape index (κ1) is 31.3. The van der Waals surface area contributed by atoms with Crippen LogP contribution in [-0.2, 0) is 11.2 Å². The van der Waals surface area contributed by atoms with Crippen LogP contribution in [0.25, 0.3) is 5.70 Å². The lowest BCUT2D eigenvalue weighted by molar-refractivity contribution is 0.0376. The Balaban J connectivity index is 1.78. The van der Waals surface area contributed by atoms with Gasteiger partial charge in [-0.25, -0.2) is 14.8 Å². The molecule has 228 valence electrons. The van der Waals surface area contributed by atoms with Crippen molar-refractivity contribution in [3.8, 4) is 5.75 Å². The Morgan fingerprint density at radius 1 is 1.14 bits per heavy atom. The second-order valence-electron chi connectivity index (χ2n) is 10.9. The van der Waals surface area contributed by atoms with Crippen LogP contribution in [0.1, 0.15) is 41.0 Å². The summed E-state index contributed by atoms with van der Waals surface area (Å²) in [6, 6.07) is 11.9. The summed E-state index contributed by atoms with van der Waals surface area (Å²) in [5.41, 5.74) is 13.8. The third-order valence-electron chi connectivity index (χ3n) is 7.21. The fourth-order valence-corrected chi connectivity index (χ4v) is 4.98. The van der Waals surface area contributed by atoms with Gasteiger partial charge in [0.15, 0.2) is 0 Å². The van der Waals surface area contributed by atoms with Crippen molar-refractivity contribution in [3.63, 3.8) is 0 Å². The summed E-state index contributed by atoms with van der Waals surface area (Å²) in [5, 5.41) is 6.55. The zero-order valence-electron chi connectivity index (χ0n) is 26.3. The molecule has 4 rings (SSSR count). The monoisotopic (exact) mass is 586 g/mol.